The lowest BCUT2D eigenvalue weighted by molar-refractivity contribution is -0.283. The molecular formula is C22H20Cl2S2. The van der Waals surface area contributed by atoms with E-state index in [-0.39, 0.29) is 0 Å². The molecule has 6 aliphatic carbocycles. The van der Waals surface area contributed by atoms with Crippen LogP contribution < -0.4 is 0 Å². The van der Waals surface area contributed by atoms with Gasteiger partial charge in [0, 0.05) is 29.3 Å². The number of rotatable bonds is 5. The van der Waals surface area contributed by atoms with E-state index in [2.05, 4.69) is 47.8 Å². The summed E-state index contributed by atoms with van der Waals surface area (Å²) in [6, 6.07) is 16.8. The van der Waals surface area contributed by atoms with Crippen molar-refractivity contribution in [2.24, 2.45) is 10.8 Å². The molecular weight excluding hydrogens is 399 g/mol. The van der Waals surface area contributed by atoms with Crippen molar-refractivity contribution in [2.45, 2.75) is 57.8 Å². The van der Waals surface area contributed by atoms with Crippen molar-refractivity contribution in [3.63, 3.8) is 0 Å². The van der Waals surface area contributed by atoms with Gasteiger partial charge < -0.3 is 0 Å². The lowest BCUT2D eigenvalue weighted by atomic mass is 9.23. The molecule has 0 saturated heterocycles. The predicted octanol–water partition coefficient (Wildman–Crippen LogP) is 7.72. The summed E-state index contributed by atoms with van der Waals surface area (Å²) in [6.07, 6.45) is 8.64. The first kappa shape index (κ1) is 16.7. The van der Waals surface area contributed by atoms with Crippen LogP contribution in [0.5, 0.6) is 0 Å². The van der Waals surface area contributed by atoms with E-state index < -0.39 is 0 Å². The van der Waals surface area contributed by atoms with E-state index in [0.29, 0.717) is 20.3 Å². The summed E-state index contributed by atoms with van der Waals surface area (Å²) in [7, 11) is 0. The first-order valence-corrected chi connectivity index (χ1v) is 11.7. The maximum absolute atomic E-state index is 6.02. The molecule has 6 saturated carbocycles. The first-order chi connectivity index (χ1) is 12.4. The highest BCUT2D eigenvalue weighted by Gasteiger charge is 2.84. The van der Waals surface area contributed by atoms with Gasteiger partial charge in [0.1, 0.15) is 0 Å². The molecule has 26 heavy (non-hydrogen) atoms. The number of thioether (sulfide) groups is 2. The molecule has 0 nitrogen and oxygen atoms in total. The van der Waals surface area contributed by atoms with Gasteiger partial charge in [-0.05, 0) is 97.9 Å². The number of halogens is 2. The molecule has 2 aromatic rings. The van der Waals surface area contributed by atoms with Crippen molar-refractivity contribution in [2.75, 3.05) is 0 Å². The Bertz CT molecular complexity index is 772. The van der Waals surface area contributed by atoms with Crippen LogP contribution in [-0.4, -0.2) is 9.49 Å². The van der Waals surface area contributed by atoms with Gasteiger partial charge >= 0.3 is 0 Å². The lowest BCUT2D eigenvalue weighted by Crippen LogP contribution is -2.82. The van der Waals surface area contributed by atoms with E-state index in [1.807, 2.05) is 24.3 Å². The van der Waals surface area contributed by atoms with Gasteiger partial charge in [-0.1, -0.05) is 23.2 Å². The monoisotopic (exact) mass is 418 g/mol. The molecule has 0 unspecified atom stereocenters. The van der Waals surface area contributed by atoms with Crippen molar-refractivity contribution >= 4 is 46.7 Å². The molecule has 0 amide bonds. The van der Waals surface area contributed by atoms with E-state index in [4.69, 9.17) is 23.2 Å². The molecule has 0 aliphatic heterocycles. The van der Waals surface area contributed by atoms with Crippen LogP contribution in [0, 0.1) is 10.8 Å². The Hall–Kier alpha value is -0.280. The van der Waals surface area contributed by atoms with Crippen LogP contribution in [0.25, 0.3) is 0 Å². The molecule has 0 radical (unpaired) electrons. The molecule has 0 spiro atoms. The maximum atomic E-state index is 6.02. The summed E-state index contributed by atoms with van der Waals surface area (Å²) in [5, 5.41) is 1.67. The fourth-order valence-electron chi connectivity index (χ4n) is 6.24. The van der Waals surface area contributed by atoms with Crippen LogP contribution in [0.3, 0.4) is 0 Å². The second-order valence-electron chi connectivity index (χ2n) is 9.10. The van der Waals surface area contributed by atoms with Crippen molar-refractivity contribution in [3.8, 4) is 0 Å². The Morgan fingerprint density at radius 2 is 0.846 bits per heavy atom. The van der Waals surface area contributed by atoms with Gasteiger partial charge in [-0.25, -0.2) is 0 Å². The number of hydrogen-bond acceptors (Lipinski definition) is 2. The predicted molar refractivity (Wildman–Crippen MR) is 113 cm³/mol. The summed E-state index contributed by atoms with van der Waals surface area (Å²) in [4.78, 5) is 2.77. The van der Waals surface area contributed by atoms with E-state index in [1.165, 1.54) is 48.3 Å². The highest BCUT2D eigenvalue weighted by Crippen LogP contribution is 2.91. The van der Waals surface area contributed by atoms with Crippen molar-refractivity contribution in [3.05, 3.63) is 58.6 Å². The molecule has 6 fully saturated rings. The van der Waals surface area contributed by atoms with Crippen LogP contribution in [-0.2, 0) is 0 Å². The molecule has 0 N–H and O–H groups in total. The summed E-state index contributed by atoms with van der Waals surface area (Å²) >= 11 is 16.2. The van der Waals surface area contributed by atoms with E-state index in [1.54, 1.807) is 0 Å². The van der Waals surface area contributed by atoms with E-state index >= 15 is 0 Å². The van der Waals surface area contributed by atoms with Gasteiger partial charge in [0.15, 0.2) is 0 Å². The fourth-order valence-corrected chi connectivity index (χ4v) is 10.1. The largest absolute Gasteiger partial charge is 0.119 e. The third kappa shape index (κ3) is 2.19. The average molecular weight is 419 g/mol. The SMILES string of the molecule is Clc1ccc(SC23CC(C45CC(Sc6ccc(Cl)cc6)(C4)C5)(C2)C3)cc1. The quantitative estimate of drug-likeness (QED) is 0.486. The van der Waals surface area contributed by atoms with Crippen LogP contribution in [0.15, 0.2) is 58.3 Å². The van der Waals surface area contributed by atoms with Crippen molar-refractivity contribution in [1.82, 2.24) is 0 Å². The third-order valence-electron chi connectivity index (χ3n) is 7.38. The van der Waals surface area contributed by atoms with Crippen LogP contribution in [0.4, 0.5) is 0 Å². The summed E-state index contributed by atoms with van der Waals surface area (Å²) in [5.41, 5.74) is 1.38. The Balaban J connectivity index is 1.07. The summed E-state index contributed by atoms with van der Waals surface area (Å²) < 4.78 is 1.08. The standard InChI is InChI=1S/C22H20Cl2S2/c23-15-1-5-17(6-2-15)25-21-9-19(10-21,11-21)20-12-22(13-20,14-20)26-18-7-3-16(24)4-8-18/h1-8H,9-14H2. The molecule has 0 aromatic heterocycles. The zero-order chi connectivity index (χ0) is 17.6. The molecule has 134 valence electrons. The summed E-state index contributed by atoms with van der Waals surface area (Å²) in [6.45, 7) is 0. The highest BCUT2D eigenvalue weighted by molar-refractivity contribution is 8.01. The van der Waals surface area contributed by atoms with E-state index in [0.717, 1.165) is 10.0 Å². The molecule has 4 heteroatoms. The first-order valence-electron chi connectivity index (χ1n) is 9.33. The van der Waals surface area contributed by atoms with Crippen LogP contribution in [0.2, 0.25) is 10.0 Å². The zero-order valence-corrected chi connectivity index (χ0v) is 17.6. The smallest absolute Gasteiger partial charge is 0.0406 e. The topological polar surface area (TPSA) is 0 Å². The van der Waals surface area contributed by atoms with Crippen molar-refractivity contribution < 1.29 is 0 Å². The van der Waals surface area contributed by atoms with E-state index in [9.17, 15) is 0 Å². The molecule has 6 aliphatic rings. The highest BCUT2D eigenvalue weighted by atomic mass is 35.5. The minimum absolute atomic E-state index is 0.541. The van der Waals surface area contributed by atoms with Gasteiger partial charge in [0.2, 0.25) is 0 Å². The molecule has 2 aromatic carbocycles. The van der Waals surface area contributed by atoms with Gasteiger partial charge in [-0.2, -0.15) is 0 Å². The number of hydrogen-bond donors (Lipinski definition) is 0. The van der Waals surface area contributed by atoms with Gasteiger partial charge in [-0.15, -0.1) is 23.5 Å². The van der Waals surface area contributed by atoms with Gasteiger partial charge in [-0.3, -0.25) is 0 Å². The third-order valence-corrected chi connectivity index (χ3v) is 10.6. The van der Waals surface area contributed by atoms with Crippen molar-refractivity contribution in [1.29, 1.82) is 0 Å². The van der Waals surface area contributed by atoms with Crippen LogP contribution >= 0.6 is 46.7 Å². The second-order valence-corrected chi connectivity index (χ2v) is 13.1. The molecule has 0 atom stereocenters. The summed E-state index contributed by atoms with van der Waals surface area (Å²) in [5.74, 6) is 0. The Kier molecular flexibility index (Phi) is 3.33. The fraction of sp³-hybridized carbons (Fsp3) is 0.455. The van der Waals surface area contributed by atoms with Gasteiger partial charge in [0.05, 0.1) is 0 Å². The number of benzene rings is 2. The Morgan fingerprint density at radius 3 is 1.15 bits per heavy atom. The maximum Gasteiger partial charge on any atom is 0.0406 e. The minimum Gasteiger partial charge on any atom is -0.119 e. The lowest BCUT2D eigenvalue weighted by Gasteiger charge is -2.87. The average Bonchev–Trinajstić information content (AvgIpc) is 2.48. The normalized spacial score (nSPS) is 41.5. The Morgan fingerprint density at radius 1 is 0.538 bits per heavy atom. The molecule has 0 heterocycles. The second kappa shape index (κ2) is 5.20. The Labute approximate surface area is 173 Å². The minimum atomic E-state index is 0.541. The molecule has 8 rings (SSSR count). The molecule has 4 bridgehead atoms. The van der Waals surface area contributed by atoms with Crippen LogP contribution in [0.1, 0.15) is 38.5 Å². The van der Waals surface area contributed by atoms with Gasteiger partial charge in [0.25, 0.3) is 0 Å². The zero-order valence-electron chi connectivity index (χ0n) is 14.4.